The van der Waals surface area contributed by atoms with E-state index in [1.807, 2.05) is 24.3 Å². The Hall–Kier alpha value is -0.710. The molecular weight excluding hydrogens is 294 g/mol. The summed E-state index contributed by atoms with van der Waals surface area (Å²) in [7, 11) is 1.71. The van der Waals surface area contributed by atoms with Crippen LogP contribution in [0.25, 0.3) is 0 Å². The van der Waals surface area contributed by atoms with Crippen molar-refractivity contribution in [3.05, 3.63) is 34.9 Å². The second-order valence-corrected chi connectivity index (χ2v) is 6.69. The molecule has 0 radical (unpaired) electrons. The molecule has 1 aromatic carbocycles. The van der Waals surface area contributed by atoms with Crippen LogP contribution in [0.1, 0.15) is 18.4 Å². The monoisotopic (exact) mass is 313 g/mol. The van der Waals surface area contributed by atoms with Gasteiger partial charge in [0.05, 0.1) is 12.4 Å². The average molecular weight is 314 g/mol. The van der Waals surface area contributed by atoms with Crippen LogP contribution in [0.3, 0.4) is 0 Å². The fourth-order valence-corrected chi connectivity index (χ4v) is 3.20. The maximum Gasteiger partial charge on any atom is 0.230 e. The van der Waals surface area contributed by atoms with Crippen LogP contribution in [-0.2, 0) is 15.3 Å². The largest absolute Gasteiger partial charge is 0.384 e. The van der Waals surface area contributed by atoms with Crippen molar-refractivity contribution >= 4 is 29.3 Å². The molecule has 1 aliphatic rings. The molecule has 1 N–H and O–H groups in total. The van der Waals surface area contributed by atoms with Gasteiger partial charge in [0.15, 0.2) is 0 Å². The second-order valence-electron chi connectivity index (χ2n) is 5.29. The lowest BCUT2D eigenvalue weighted by atomic mass is 10.1. The Labute approximate surface area is 129 Å². The molecule has 1 fully saturated rings. The third kappa shape index (κ3) is 4.69. The van der Waals surface area contributed by atoms with E-state index in [1.54, 1.807) is 18.9 Å². The van der Waals surface area contributed by atoms with Crippen LogP contribution in [0, 0.1) is 5.41 Å². The molecule has 1 amide bonds. The summed E-state index contributed by atoms with van der Waals surface area (Å²) in [6.45, 7) is 1.46. The van der Waals surface area contributed by atoms with Crippen molar-refractivity contribution in [2.24, 2.45) is 5.41 Å². The molecule has 0 unspecified atom stereocenters. The van der Waals surface area contributed by atoms with Crippen molar-refractivity contribution in [3.63, 3.8) is 0 Å². The van der Waals surface area contributed by atoms with Gasteiger partial charge in [0.25, 0.3) is 0 Å². The Kier molecular flexibility index (Phi) is 5.75. The highest BCUT2D eigenvalue weighted by Gasteiger charge is 2.42. The molecule has 0 heterocycles. The first-order chi connectivity index (χ1) is 9.65. The zero-order valence-electron chi connectivity index (χ0n) is 11.7. The number of carbonyl (C=O) groups excluding carboxylic acids is 1. The minimum atomic E-state index is 0.0874. The third-order valence-electron chi connectivity index (χ3n) is 3.52. The normalized spacial score (nSPS) is 15.9. The maximum absolute atomic E-state index is 11.8. The molecule has 20 heavy (non-hydrogen) atoms. The summed E-state index contributed by atoms with van der Waals surface area (Å²) >= 11 is 7.66. The number of hydrogen-bond acceptors (Lipinski definition) is 3. The van der Waals surface area contributed by atoms with Gasteiger partial charge in [-0.05, 0) is 24.5 Å². The first-order valence-electron chi connectivity index (χ1n) is 6.72. The van der Waals surface area contributed by atoms with Crippen LogP contribution in [0.4, 0.5) is 0 Å². The lowest BCUT2D eigenvalue weighted by Crippen LogP contribution is -2.33. The average Bonchev–Trinajstić information content (AvgIpc) is 3.19. The molecule has 0 aromatic heterocycles. The minimum Gasteiger partial charge on any atom is -0.384 e. The number of carbonyl (C=O) groups is 1. The predicted octanol–water partition coefficient (Wildman–Crippen LogP) is 3.12. The van der Waals surface area contributed by atoms with E-state index in [9.17, 15) is 4.79 Å². The van der Waals surface area contributed by atoms with Crippen LogP contribution >= 0.6 is 23.4 Å². The van der Waals surface area contributed by atoms with Crippen LogP contribution < -0.4 is 5.32 Å². The highest BCUT2D eigenvalue weighted by molar-refractivity contribution is 7.99. The number of halogens is 1. The minimum absolute atomic E-state index is 0.0874. The van der Waals surface area contributed by atoms with Crippen LogP contribution in [-0.4, -0.2) is 31.9 Å². The number of ether oxygens (including phenoxy) is 1. The van der Waals surface area contributed by atoms with E-state index < -0.39 is 0 Å². The lowest BCUT2D eigenvalue weighted by Gasteiger charge is -2.14. The summed E-state index contributed by atoms with van der Waals surface area (Å²) < 4.78 is 5.18. The number of benzene rings is 1. The first kappa shape index (κ1) is 15.7. The molecule has 2 rings (SSSR count). The zero-order valence-corrected chi connectivity index (χ0v) is 13.2. The van der Waals surface area contributed by atoms with E-state index in [4.69, 9.17) is 16.3 Å². The van der Waals surface area contributed by atoms with Crippen molar-refractivity contribution < 1.29 is 9.53 Å². The quantitative estimate of drug-likeness (QED) is 0.801. The van der Waals surface area contributed by atoms with Gasteiger partial charge in [0.2, 0.25) is 5.91 Å². The molecule has 3 nitrogen and oxygen atoms in total. The Balaban J connectivity index is 1.65. The number of thioether (sulfide) groups is 1. The molecule has 1 saturated carbocycles. The Morgan fingerprint density at radius 2 is 2.20 bits per heavy atom. The first-order valence-corrected chi connectivity index (χ1v) is 8.25. The van der Waals surface area contributed by atoms with E-state index >= 15 is 0 Å². The van der Waals surface area contributed by atoms with Crippen molar-refractivity contribution in [1.82, 2.24) is 5.32 Å². The summed E-state index contributed by atoms with van der Waals surface area (Å²) in [4.78, 5) is 11.8. The molecular formula is C15H20ClNO2S. The third-order valence-corrected chi connectivity index (χ3v) is 4.87. The van der Waals surface area contributed by atoms with E-state index in [0.29, 0.717) is 5.75 Å². The molecule has 0 spiro atoms. The van der Waals surface area contributed by atoms with Gasteiger partial charge in [-0.3, -0.25) is 4.79 Å². The Morgan fingerprint density at radius 1 is 1.45 bits per heavy atom. The van der Waals surface area contributed by atoms with Crippen molar-refractivity contribution in [1.29, 1.82) is 0 Å². The fraction of sp³-hybridized carbons (Fsp3) is 0.533. The highest BCUT2D eigenvalue weighted by atomic mass is 35.5. The summed E-state index contributed by atoms with van der Waals surface area (Å²) in [6, 6.07) is 7.74. The lowest BCUT2D eigenvalue weighted by molar-refractivity contribution is -0.118. The molecule has 1 aromatic rings. The van der Waals surface area contributed by atoms with E-state index in [2.05, 4.69) is 5.32 Å². The molecule has 110 valence electrons. The van der Waals surface area contributed by atoms with Gasteiger partial charge in [0.1, 0.15) is 0 Å². The van der Waals surface area contributed by atoms with Crippen molar-refractivity contribution in [2.75, 3.05) is 26.0 Å². The summed E-state index contributed by atoms with van der Waals surface area (Å²) in [5.41, 5.74) is 1.28. The number of hydrogen-bond donors (Lipinski definition) is 1. The van der Waals surface area contributed by atoms with Crippen LogP contribution in [0.2, 0.25) is 5.02 Å². The fourth-order valence-electron chi connectivity index (χ4n) is 2.06. The van der Waals surface area contributed by atoms with Crippen molar-refractivity contribution in [2.45, 2.75) is 18.6 Å². The van der Waals surface area contributed by atoms with Crippen LogP contribution in [0.5, 0.6) is 0 Å². The molecule has 0 bridgehead atoms. The zero-order chi connectivity index (χ0) is 14.4. The summed E-state index contributed by atoms with van der Waals surface area (Å²) in [5, 5.41) is 3.76. The highest BCUT2D eigenvalue weighted by Crippen LogP contribution is 2.45. The number of nitrogens with one attached hydrogen (secondary N) is 1. The standard InChI is InChI=1S/C15H20ClNO2S/c1-19-11-15(6-7-15)10-17-14(18)9-20-8-12-4-2-3-5-13(12)16/h2-5H,6-11H2,1H3,(H,17,18). The molecule has 1 aliphatic carbocycles. The van der Waals surface area contributed by atoms with Gasteiger partial charge in [-0.25, -0.2) is 0 Å². The molecule has 0 atom stereocenters. The number of rotatable bonds is 8. The topological polar surface area (TPSA) is 38.3 Å². The maximum atomic E-state index is 11.8. The van der Waals surface area contributed by atoms with E-state index in [1.165, 1.54) is 0 Å². The van der Waals surface area contributed by atoms with E-state index in [-0.39, 0.29) is 11.3 Å². The van der Waals surface area contributed by atoms with E-state index in [0.717, 1.165) is 42.3 Å². The van der Waals surface area contributed by atoms with Crippen LogP contribution in [0.15, 0.2) is 24.3 Å². The predicted molar refractivity (Wildman–Crippen MR) is 84.2 cm³/mol. The number of amides is 1. The smallest absolute Gasteiger partial charge is 0.230 e. The second kappa shape index (κ2) is 7.34. The van der Waals surface area contributed by atoms with Crippen molar-refractivity contribution in [3.8, 4) is 0 Å². The van der Waals surface area contributed by atoms with Gasteiger partial charge < -0.3 is 10.1 Å². The van der Waals surface area contributed by atoms with Gasteiger partial charge in [-0.2, -0.15) is 0 Å². The van der Waals surface area contributed by atoms with Gasteiger partial charge in [0, 0.05) is 29.8 Å². The molecule has 5 heteroatoms. The Bertz CT molecular complexity index is 463. The summed E-state index contributed by atoms with van der Waals surface area (Å²) in [5.74, 6) is 1.31. The Morgan fingerprint density at radius 3 is 2.85 bits per heavy atom. The van der Waals surface area contributed by atoms with Gasteiger partial charge in [-0.15, -0.1) is 11.8 Å². The SMILES string of the molecule is COCC1(CNC(=O)CSCc2ccccc2Cl)CC1. The van der Waals surface area contributed by atoms with Gasteiger partial charge in [-0.1, -0.05) is 29.8 Å². The van der Waals surface area contributed by atoms with Gasteiger partial charge >= 0.3 is 0 Å². The number of methoxy groups -OCH3 is 1. The molecule has 0 saturated heterocycles. The summed E-state index contributed by atoms with van der Waals surface area (Å²) in [6.07, 6.45) is 2.29. The molecule has 0 aliphatic heterocycles.